The van der Waals surface area contributed by atoms with Crippen molar-refractivity contribution in [2.24, 2.45) is 17.8 Å². The summed E-state index contributed by atoms with van der Waals surface area (Å²) in [5.41, 5.74) is 0. The van der Waals surface area contributed by atoms with E-state index in [2.05, 4.69) is 46.8 Å². The van der Waals surface area contributed by atoms with Crippen LogP contribution in [0.15, 0.2) is 12.2 Å². The predicted molar refractivity (Wildman–Crippen MR) is 140 cm³/mol. The highest BCUT2D eigenvalue weighted by molar-refractivity contribution is 4.82. The van der Waals surface area contributed by atoms with Crippen molar-refractivity contribution in [3.05, 3.63) is 12.2 Å². The van der Waals surface area contributed by atoms with Crippen LogP contribution in [-0.2, 0) is 0 Å². The van der Waals surface area contributed by atoms with Crippen LogP contribution in [0.2, 0.25) is 0 Å². The van der Waals surface area contributed by atoms with Gasteiger partial charge in [-0.15, -0.1) is 0 Å². The molecule has 180 valence electrons. The lowest BCUT2D eigenvalue weighted by atomic mass is 9.94. The highest BCUT2D eigenvalue weighted by atomic mass is 14.1. The Kier molecular flexibility index (Phi) is 23.2. The summed E-state index contributed by atoms with van der Waals surface area (Å²) in [4.78, 5) is 0. The number of allylic oxidation sites excluding steroid dienone is 2. The van der Waals surface area contributed by atoms with E-state index in [0.717, 1.165) is 17.8 Å². The molecule has 0 aliphatic rings. The van der Waals surface area contributed by atoms with E-state index in [0.29, 0.717) is 0 Å². The van der Waals surface area contributed by atoms with E-state index in [1.165, 1.54) is 128 Å². The maximum Gasteiger partial charge on any atom is -0.0348 e. The quantitative estimate of drug-likeness (QED) is 0.114. The van der Waals surface area contributed by atoms with Gasteiger partial charge in [0.1, 0.15) is 0 Å². The molecule has 0 radical (unpaired) electrons. The fraction of sp³-hybridized carbons (Fsp3) is 0.933. The molecule has 0 fully saturated rings. The zero-order chi connectivity index (χ0) is 22.3. The normalized spacial score (nSPS) is 15.0. The van der Waals surface area contributed by atoms with Crippen LogP contribution in [0.3, 0.4) is 0 Å². The lowest BCUT2D eigenvalue weighted by Crippen LogP contribution is -1.96. The van der Waals surface area contributed by atoms with Crippen molar-refractivity contribution in [2.45, 2.75) is 163 Å². The Labute approximate surface area is 193 Å². The molecule has 0 saturated heterocycles. The number of hydrogen-bond acceptors (Lipinski definition) is 0. The summed E-state index contributed by atoms with van der Waals surface area (Å²) in [7, 11) is 0. The van der Waals surface area contributed by atoms with Crippen LogP contribution >= 0.6 is 0 Å². The van der Waals surface area contributed by atoms with Crippen molar-refractivity contribution in [2.75, 3.05) is 0 Å². The zero-order valence-electron chi connectivity index (χ0n) is 22.0. The van der Waals surface area contributed by atoms with E-state index in [1.54, 1.807) is 0 Å². The maximum atomic E-state index is 2.46. The molecule has 30 heavy (non-hydrogen) atoms. The molecule has 0 aromatic carbocycles. The highest BCUT2D eigenvalue weighted by Gasteiger charge is 2.04. The van der Waals surface area contributed by atoms with Gasteiger partial charge in [-0.3, -0.25) is 0 Å². The van der Waals surface area contributed by atoms with Crippen molar-refractivity contribution < 1.29 is 0 Å². The van der Waals surface area contributed by atoms with Crippen molar-refractivity contribution in [3.63, 3.8) is 0 Å². The molecule has 0 heteroatoms. The van der Waals surface area contributed by atoms with Gasteiger partial charge in [0.15, 0.2) is 0 Å². The minimum atomic E-state index is 0.909. The van der Waals surface area contributed by atoms with Crippen LogP contribution in [0, 0.1) is 17.8 Å². The molecule has 0 aliphatic heterocycles. The van der Waals surface area contributed by atoms with Gasteiger partial charge in [-0.25, -0.2) is 0 Å². The largest absolute Gasteiger partial charge is 0.0885 e. The first-order chi connectivity index (χ1) is 14.6. The monoisotopic (exact) mass is 420 g/mol. The van der Waals surface area contributed by atoms with Gasteiger partial charge in [0.25, 0.3) is 0 Å². The summed E-state index contributed by atoms with van der Waals surface area (Å²) >= 11 is 0. The molecule has 0 bridgehead atoms. The minimum absolute atomic E-state index is 0.909. The molecular formula is C30H60. The molecule has 0 aromatic heterocycles. The first-order valence-corrected chi connectivity index (χ1v) is 14.2. The van der Waals surface area contributed by atoms with E-state index >= 15 is 0 Å². The van der Waals surface area contributed by atoms with Crippen molar-refractivity contribution in [1.29, 1.82) is 0 Å². The van der Waals surface area contributed by atoms with Gasteiger partial charge in [0.2, 0.25) is 0 Å². The molecule has 0 aromatic rings. The van der Waals surface area contributed by atoms with Crippen molar-refractivity contribution in [1.82, 2.24) is 0 Å². The van der Waals surface area contributed by atoms with Gasteiger partial charge < -0.3 is 0 Å². The average Bonchev–Trinajstić information content (AvgIpc) is 2.74. The number of hydrogen-bond donors (Lipinski definition) is 0. The van der Waals surface area contributed by atoms with E-state index < -0.39 is 0 Å². The second kappa shape index (κ2) is 23.4. The third-order valence-corrected chi connectivity index (χ3v) is 7.06. The summed E-state index contributed by atoms with van der Waals surface area (Å²) in [6.45, 7) is 12.0. The molecule has 3 unspecified atom stereocenters. The molecule has 0 nitrogen and oxygen atoms in total. The van der Waals surface area contributed by atoms with Gasteiger partial charge in [-0.2, -0.15) is 0 Å². The van der Waals surface area contributed by atoms with Crippen LogP contribution in [0.5, 0.6) is 0 Å². The SMILES string of the molecule is CCCCC(C)CCCCCCCC=CCCC(C)CCCCCC(C)CCCC. The summed E-state index contributed by atoms with van der Waals surface area (Å²) in [6.07, 6.45) is 33.2. The number of rotatable bonds is 23. The number of unbranched alkanes of at least 4 members (excludes halogenated alkanes) is 9. The van der Waals surface area contributed by atoms with Crippen LogP contribution in [0.4, 0.5) is 0 Å². The van der Waals surface area contributed by atoms with E-state index in [-0.39, 0.29) is 0 Å². The van der Waals surface area contributed by atoms with Crippen LogP contribution in [0.1, 0.15) is 163 Å². The van der Waals surface area contributed by atoms with Gasteiger partial charge >= 0.3 is 0 Å². The summed E-state index contributed by atoms with van der Waals surface area (Å²) in [5.74, 6) is 2.81. The predicted octanol–water partition coefficient (Wildman–Crippen LogP) is 11.3. The second-order valence-electron chi connectivity index (χ2n) is 10.6. The first-order valence-electron chi connectivity index (χ1n) is 14.2. The molecular weight excluding hydrogens is 360 g/mol. The smallest absolute Gasteiger partial charge is 0.0348 e. The first kappa shape index (κ1) is 29.7. The summed E-state index contributed by atoms with van der Waals surface area (Å²) < 4.78 is 0. The zero-order valence-corrected chi connectivity index (χ0v) is 22.0. The van der Waals surface area contributed by atoms with Crippen molar-refractivity contribution >= 4 is 0 Å². The van der Waals surface area contributed by atoms with Crippen molar-refractivity contribution in [3.8, 4) is 0 Å². The van der Waals surface area contributed by atoms with Gasteiger partial charge in [0.05, 0.1) is 0 Å². The topological polar surface area (TPSA) is 0 Å². The molecule has 0 heterocycles. The Morgan fingerprint density at radius 1 is 0.400 bits per heavy atom. The standard InChI is InChI=1S/C30H60/c1-6-8-22-28(3)24-18-15-13-11-10-12-14-16-19-25-30(5)27-21-17-20-26-29(4)23-9-7-2/h14,16,28-30H,6-13,15,17-27H2,1-5H3. The molecule has 0 aliphatic carbocycles. The average molecular weight is 421 g/mol. The Morgan fingerprint density at radius 2 is 0.767 bits per heavy atom. The van der Waals surface area contributed by atoms with Gasteiger partial charge in [0, 0.05) is 0 Å². The summed E-state index contributed by atoms with van der Waals surface area (Å²) in [6, 6.07) is 0. The highest BCUT2D eigenvalue weighted by Crippen LogP contribution is 2.20. The van der Waals surface area contributed by atoms with Crippen LogP contribution in [-0.4, -0.2) is 0 Å². The third-order valence-electron chi connectivity index (χ3n) is 7.06. The molecule has 0 N–H and O–H groups in total. The van der Waals surface area contributed by atoms with E-state index in [9.17, 15) is 0 Å². The Morgan fingerprint density at radius 3 is 1.30 bits per heavy atom. The Bertz CT molecular complexity index is 342. The molecule has 0 saturated carbocycles. The molecule has 0 spiro atoms. The lowest BCUT2D eigenvalue weighted by molar-refractivity contribution is 0.422. The van der Waals surface area contributed by atoms with Gasteiger partial charge in [-0.05, 0) is 43.4 Å². The van der Waals surface area contributed by atoms with E-state index in [4.69, 9.17) is 0 Å². The molecule has 3 atom stereocenters. The second-order valence-corrected chi connectivity index (χ2v) is 10.6. The Balaban J connectivity index is 3.35. The lowest BCUT2D eigenvalue weighted by Gasteiger charge is -2.12. The van der Waals surface area contributed by atoms with Crippen LogP contribution < -0.4 is 0 Å². The molecule has 0 rings (SSSR count). The fourth-order valence-electron chi connectivity index (χ4n) is 4.60. The van der Waals surface area contributed by atoms with Crippen LogP contribution in [0.25, 0.3) is 0 Å². The fourth-order valence-corrected chi connectivity index (χ4v) is 4.60. The van der Waals surface area contributed by atoms with E-state index in [1.807, 2.05) is 0 Å². The van der Waals surface area contributed by atoms with Gasteiger partial charge in [-0.1, -0.05) is 150 Å². The maximum absolute atomic E-state index is 2.46. The third kappa shape index (κ3) is 22.4. The summed E-state index contributed by atoms with van der Waals surface area (Å²) in [5, 5.41) is 0. The molecule has 0 amide bonds. The minimum Gasteiger partial charge on any atom is -0.0885 e. The Hall–Kier alpha value is -0.260.